The molecule has 0 radical (unpaired) electrons. The summed E-state index contributed by atoms with van der Waals surface area (Å²) in [6, 6.07) is 9.59. The highest BCUT2D eigenvalue weighted by molar-refractivity contribution is 9.11. The molecule has 1 atom stereocenters. The van der Waals surface area contributed by atoms with Gasteiger partial charge in [0.2, 0.25) is 0 Å². The SMILES string of the molecule is O=c1[nH]c2cc(Br)c(C(Cl)c3cc(Br)ccc3Br)cc2[nH]1. The summed E-state index contributed by atoms with van der Waals surface area (Å²) in [6.07, 6.45) is 0. The van der Waals surface area contributed by atoms with E-state index >= 15 is 0 Å². The molecule has 0 aliphatic carbocycles. The molecule has 0 aliphatic rings. The molecular weight excluding hydrogens is 487 g/mol. The number of H-pyrrole nitrogens is 2. The fraction of sp³-hybridized carbons (Fsp3) is 0.0714. The van der Waals surface area contributed by atoms with E-state index in [9.17, 15) is 4.79 Å². The fourth-order valence-electron chi connectivity index (χ4n) is 2.14. The average Bonchev–Trinajstić information content (AvgIpc) is 2.79. The van der Waals surface area contributed by atoms with Crippen LogP contribution in [0.15, 0.2) is 48.5 Å². The number of benzene rings is 2. The van der Waals surface area contributed by atoms with E-state index in [1.165, 1.54) is 0 Å². The maximum atomic E-state index is 11.4. The Morgan fingerprint density at radius 2 is 1.52 bits per heavy atom. The molecule has 3 nitrogen and oxygen atoms in total. The predicted molar refractivity (Wildman–Crippen MR) is 96.2 cm³/mol. The number of nitrogens with one attached hydrogen (secondary N) is 2. The van der Waals surface area contributed by atoms with Gasteiger partial charge in [0.05, 0.1) is 16.4 Å². The van der Waals surface area contributed by atoms with Crippen LogP contribution >= 0.6 is 59.4 Å². The third-order valence-corrected chi connectivity index (χ3v) is 5.51. The van der Waals surface area contributed by atoms with Crippen LogP contribution in [0.4, 0.5) is 0 Å². The molecule has 7 heteroatoms. The molecule has 0 amide bonds. The number of fused-ring (bicyclic) bond motifs is 1. The zero-order chi connectivity index (χ0) is 15.1. The summed E-state index contributed by atoms with van der Waals surface area (Å²) in [6.45, 7) is 0. The van der Waals surface area contributed by atoms with Crippen LogP contribution in [0.5, 0.6) is 0 Å². The van der Waals surface area contributed by atoms with Crippen molar-refractivity contribution in [1.82, 2.24) is 9.97 Å². The van der Waals surface area contributed by atoms with Gasteiger partial charge in [-0.05, 0) is 41.5 Å². The number of hydrogen-bond donors (Lipinski definition) is 2. The van der Waals surface area contributed by atoms with Crippen LogP contribution in [-0.4, -0.2) is 9.97 Å². The third-order valence-electron chi connectivity index (χ3n) is 3.14. The number of hydrogen-bond acceptors (Lipinski definition) is 1. The Hall–Kier alpha value is -0.560. The minimum Gasteiger partial charge on any atom is -0.306 e. The van der Waals surface area contributed by atoms with Crippen LogP contribution in [0.2, 0.25) is 0 Å². The second kappa shape index (κ2) is 5.91. The van der Waals surface area contributed by atoms with Gasteiger partial charge in [0, 0.05) is 13.4 Å². The molecule has 3 rings (SSSR count). The number of halogens is 4. The molecule has 21 heavy (non-hydrogen) atoms. The molecule has 0 spiro atoms. The molecule has 0 saturated carbocycles. The lowest BCUT2D eigenvalue weighted by Gasteiger charge is -2.14. The lowest BCUT2D eigenvalue weighted by Crippen LogP contribution is -1.99. The molecule has 2 N–H and O–H groups in total. The molecule has 1 heterocycles. The minimum atomic E-state index is -0.353. The van der Waals surface area contributed by atoms with E-state index in [-0.39, 0.29) is 11.1 Å². The minimum absolute atomic E-state index is 0.233. The maximum Gasteiger partial charge on any atom is 0.323 e. The fourth-order valence-corrected chi connectivity index (χ4v) is 4.19. The van der Waals surface area contributed by atoms with Crippen LogP contribution in [0.25, 0.3) is 11.0 Å². The first-order chi connectivity index (χ1) is 9.95. The largest absolute Gasteiger partial charge is 0.323 e. The molecule has 108 valence electrons. The average molecular weight is 495 g/mol. The van der Waals surface area contributed by atoms with E-state index in [1.807, 2.05) is 30.3 Å². The molecule has 0 aliphatic heterocycles. The lowest BCUT2D eigenvalue weighted by atomic mass is 10.0. The zero-order valence-electron chi connectivity index (χ0n) is 10.4. The normalized spacial score (nSPS) is 12.8. The van der Waals surface area contributed by atoms with Gasteiger partial charge in [-0.25, -0.2) is 4.79 Å². The van der Waals surface area contributed by atoms with Crippen LogP contribution in [0.1, 0.15) is 16.5 Å². The van der Waals surface area contributed by atoms with E-state index in [0.29, 0.717) is 0 Å². The van der Waals surface area contributed by atoms with Gasteiger partial charge in [0.15, 0.2) is 0 Å². The smallest absolute Gasteiger partial charge is 0.306 e. The Kier molecular flexibility index (Phi) is 4.32. The second-order valence-corrected chi connectivity index (χ2v) is 7.59. The second-order valence-electron chi connectivity index (χ2n) is 4.53. The monoisotopic (exact) mass is 492 g/mol. The molecular formula is C14H8Br3ClN2O. The summed E-state index contributed by atoms with van der Waals surface area (Å²) in [5.74, 6) is 0. The zero-order valence-corrected chi connectivity index (χ0v) is 15.9. The van der Waals surface area contributed by atoms with Crippen LogP contribution in [0, 0.1) is 0 Å². The Balaban J connectivity index is 2.16. The standard InChI is InChI=1S/C14H8Br3ClN2O/c15-6-1-2-9(16)7(3-6)13(18)8-4-11-12(5-10(8)17)20-14(21)19-11/h1-5,13H,(H2,19,20,21). The van der Waals surface area contributed by atoms with Crippen LogP contribution < -0.4 is 5.69 Å². The number of alkyl halides is 1. The Labute approximate surface area is 150 Å². The molecule has 1 unspecified atom stereocenters. The first kappa shape index (κ1) is 15.3. The molecule has 1 aromatic heterocycles. The highest BCUT2D eigenvalue weighted by Crippen LogP contribution is 2.39. The maximum absolute atomic E-state index is 11.4. The van der Waals surface area contributed by atoms with Gasteiger partial charge in [0.1, 0.15) is 0 Å². The topological polar surface area (TPSA) is 48.6 Å². The van der Waals surface area contributed by atoms with Crippen LogP contribution in [-0.2, 0) is 0 Å². The first-order valence-electron chi connectivity index (χ1n) is 5.96. The number of aromatic amines is 2. The van der Waals surface area contributed by atoms with E-state index < -0.39 is 0 Å². The lowest BCUT2D eigenvalue weighted by molar-refractivity contribution is 1.12. The van der Waals surface area contributed by atoms with Gasteiger partial charge >= 0.3 is 5.69 Å². The number of aromatic nitrogens is 2. The summed E-state index contributed by atoms with van der Waals surface area (Å²) >= 11 is 17.1. The van der Waals surface area contributed by atoms with Crippen molar-refractivity contribution < 1.29 is 0 Å². The molecule has 0 fully saturated rings. The van der Waals surface area contributed by atoms with E-state index in [4.69, 9.17) is 11.6 Å². The van der Waals surface area contributed by atoms with E-state index in [0.717, 1.165) is 35.6 Å². The Morgan fingerprint density at radius 1 is 0.905 bits per heavy atom. The summed E-state index contributed by atoms with van der Waals surface area (Å²) in [7, 11) is 0. The quantitative estimate of drug-likeness (QED) is 0.455. The van der Waals surface area contributed by atoms with Gasteiger partial charge in [-0.3, -0.25) is 0 Å². The van der Waals surface area contributed by atoms with Crippen molar-refractivity contribution >= 4 is 70.4 Å². The van der Waals surface area contributed by atoms with Gasteiger partial charge in [0.25, 0.3) is 0 Å². The number of rotatable bonds is 2. The summed E-state index contributed by atoms with van der Waals surface area (Å²) in [5.41, 5.74) is 3.08. The summed E-state index contributed by atoms with van der Waals surface area (Å²) in [5, 5.41) is -0.353. The van der Waals surface area contributed by atoms with Gasteiger partial charge in [-0.2, -0.15) is 0 Å². The molecule has 0 bridgehead atoms. The van der Waals surface area contributed by atoms with Crippen molar-refractivity contribution in [2.45, 2.75) is 5.38 Å². The predicted octanol–water partition coefficient (Wildman–Crippen LogP) is 5.47. The third kappa shape index (κ3) is 2.99. The van der Waals surface area contributed by atoms with E-state index in [2.05, 4.69) is 57.8 Å². The molecule has 3 aromatic rings. The van der Waals surface area contributed by atoms with Gasteiger partial charge < -0.3 is 9.97 Å². The highest BCUT2D eigenvalue weighted by Gasteiger charge is 2.18. The van der Waals surface area contributed by atoms with Crippen molar-refractivity contribution in [2.24, 2.45) is 0 Å². The highest BCUT2D eigenvalue weighted by atomic mass is 79.9. The van der Waals surface area contributed by atoms with Crippen molar-refractivity contribution in [3.05, 3.63) is 65.4 Å². The van der Waals surface area contributed by atoms with Crippen molar-refractivity contribution in [3.8, 4) is 0 Å². The molecule has 2 aromatic carbocycles. The first-order valence-corrected chi connectivity index (χ1v) is 8.77. The summed E-state index contributed by atoms with van der Waals surface area (Å²) < 4.78 is 2.73. The molecule has 0 saturated heterocycles. The van der Waals surface area contributed by atoms with Crippen molar-refractivity contribution in [2.75, 3.05) is 0 Å². The van der Waals surface area contributed by atoms with E-state index in [1.54, 1.807) is 0 Å². The number of imidazole rings is 1. The summed E-state index contributed by atoms with van der Waals surface area (Å²) in [4.78, 5) is 16.8. The van der Waals surface area contributed by atoms with Gasteiger partial charge in [-0.1, -0.05) is 47.8 Å². The van der Waals surface area contributed by atoms with Gasteiger partial charge in [-0.15, -0.1) is 11.6 Å². The van der Waals surface area contributed by atoms with Crippen LogP contribution in [0.3, 0.4) is 0 Å². The Morgan fingerprint density at radius 3 is 2.24 bits per heavy atom. The van der Waals surface area contributed by atoms with Crippen molar-refractivity contribution in [3.63, 3.8) is 0 Å². The van der Waals surface area contributed by atoms with Crippen molar-refractivity contribution in [1.29, 1.82) is 0 Å². The Bertz CT molecular complexity index is 888.